The Bertz CT molecular complexity index is 564. The molecule has 0 aliphatic carbocycles. The Morgan fingerprint density at radius 1 is 1.52 bits per heavy atom. The van der Waals surface area contributed by atoms with E-state index in [2.05, 4.69) is 9.72 Å². The average molecular weight is 311 g/mol. The maximum absolute atomic E-state index is 12.4. The minimum Gasteiger partial charge on any atom is -0.394 e. The van der Waals surface area contributed by atoms with Gasteiger partial charge in [-0.15, -0.1) is 13.2 Å². The number of ether oxygens (including phenoxy) is 2. The third kappa shape index (κ3) is 3.32. The van der Waals surface area contributed by atoms with Crippen molar-refractivity contribution in [2.45, 2.75) is 30.9 Å². The molecule has 0 unspecified atom stereocenters. The van der Waals surface area contributed by atoms with Crippen LogP contribution in [0, 0.1) is 0 Å². The highest BCUT2D eigenvalue weighted by Gasteiger charge is 2.50. The van der Waals surface area contributed by atoms with E-state index in [4.69, 9.17) is 15.6 Å². The molecule has 11 heteroatoms. The Kier molecular flexibility index (Phi) is 4.18. The molecule has 1 fully saturated rings. The van der Waals surface area contributed by atoms with Crippen LogP contribution in [0.3, 0.4) is 0 Å². The van der Waals surface area contributed by atoms with Gasteiger partial charge in [0.1, 0.15) is 24.1 Å². The van der Waals surface area contributed by atoms with E-state index < -0.39 is 43.2 Å². The lowest BCUT2D eigenvalue weighted by Gasteiger charge is -2.23. The van der Waals surface area contributed by atoms with Crippen molar-refractivity contribution in [3.63, 3.8) is 0 Å². The van der Waals surface area contributed by atoms with Gasteiger partial charge in [0, 0.05) is 6.20 Å². The van der Waals surface area contributed by atoms with Crippen molar-refractivity contribution in [3.05, 3.63) is 22.7 Å². The number of nitrogens with two attached hydrogens (primary N) is 1. The van der Waals surface area contributed by atoms with E-state index in [1.165, 1.54) is 6.07 Å². The van der Waals surface area contributed by atoms with Crippen molar-refractivity contribution in [1.82, 2.24) is 9.55 Å². The second kappa shape index (κ2) is 5.60. The summed E-state index contributed by atoms with van der Waals surface area (Å²) < 4.78 is 46.7. The SMILES string of the molecule is Nc1ccn([C@@H]2O[C@H](CO)[C@H](O)[C@H]2OC(F)(F)F)c(=O)n1. The molecule has 0 aromatic carbocycles. The third-order valence-corrected chi connectivity index (χ3v) is 2.89. The normalized spacial score (nSPS) is 29.8. The second-order valence-electron chi connectivity index (χ2n) is 4.31. The van der Waals surface area contributed by atoms with Crippen LogP contribution in [0.2, 0.25) is 0 Å². The van der Waals surface area contributed by atoms with Gasteiger partial charge in [0.2, 0.25) is 0 Å². The highest BCUT2D eigenvalue weighted by molar-refractivity contribution is 5.23. The summed E-state index contributed by atoms with van der Waals surface area (Å²) >= 11 is 0. The van der Waals surface area contributed by atoms with Gasteiger partial charge in [-0.05, 0) is 6.07 Å². The van der Waals surface area contributed by atoms with Crippen LogP contribution >= 0.6 is 0 Å². The molecule has 0 saturated carbocycles. The molecular weight excluding hydrogens is 299 g/mol. The number of aliphatic hydroxyl groups is 2. The summed E-state index contributed by atoms with van der Waals surface area (Å²) in [6.45, 7) is -0.744. The van der Waals surface area contributed by atoms with Crippen LogP contribution in [-0.4, -0.2) is 51.0 Å². The molecule has 0 bridgehead atoms. The van der Waals surface area contributed by atoms with E-state index in [-0.39, 0.29) is 5.82 Å². The summed E-state index contributed by atoms with van der Waals surface area (Å²) in [7, 11) is 0. The van der Waals surface area contributed by atoms with Crippen LogP contribution in [0.25, 0.3) is 0 Å². The zero-order valence-corrected chi connectivity index (χ0v) is 10.4. The summed E-state index contributed by atoms with van der Waals surface area (Å²) in [6, 6.07) is 1.17. The fraction of sp³-hybridized carbons (Fsp3) is 0.600. The molecule has 1 aromatic rings. The largest absolute Gasteiger partial charge is 0.523 e. The van der Waals surface area contributed by atoms with Gasteiger partial charge in [0.25, 0.3) is 0 Å². The summed E-state index contributed by atoms with van der Waals surface area (Å²) in [4.78, 5) is 15.0. The number of anilines is 1. The Labute approximate surface area is 115 Å². The van der Waals surface area contributed by atoms with Crippen LogP contribution in [0.5, 0.6) is 0 Å². The molecule has 1 aromatic heterocycles. The number of hydrogen-bond acceptors (Lipinski definition) is 7. The number of rotatable bonds is 3. The van der Waals surface area contributed by atoms with Crippen LogP contribution in [0.4, 0.5) is 19.0 Å². The molecule has 4 atom stereocenters. The molecule has 4 N–H and O–H groups in total. The summed E-state index contributed by atoms with van der Waals surface area (Å²) in [5.74, 6) is -0.123. The highest BCUT2D eigenvalue weighted by atomic mass is 19.4. The fourth-order valence-corrected chi connectivity index (χ4v) is 1.99. The maximum atomic E-state index is 12.4. The molecule has 2 heterocycles. The van der Waals surface area contributed by atoms with Crippen molar-refractivity contribution in [3.8, 4) is 0 Å². The molecule has 2 rings (SSSR count). The smallest absolute Gasteiger partial charge is 0.394 e. The first-order chi connectivity index (χ1) is 9.73. The van der Waals surface area contributed by atoms with E-state index >= 15 is 0 Å². The summed E-state index contributed by atoms with van der Waals surface area (Å²) in [5.41, 5.74) is 4.31. The molecule has 0 radical (unpaired) electrons. The van der Waals surface area contributed by atoms with Gasteiger partial charge in [-0.3, -0.25) is 9.30 Å². The Hall–Kier alpha value is -1.69. The summed E-state index contributed by atoms with van der Waals surface area (Å²) in [5, 5.41) is 18.7. The van der Waals surface area contributed by atoms with E-state index in [0.29, 0.717) is 4.57 Å². The molecular formula is C10H12F3N3O5. The molecule has 1 aliphatic heterocycles. The minimum absolute atomic E-state index is 0.123. The molecule has 0 amide bonds. The van der Waals surface area contributed by atoms with E-state index in [1.807, 2.05) is 0 Å². The van der Waals surface area contributed by atoms with E-state index in [1.54, 1.807) is 0 Å². The lowest BCUT2D eigenvalue weighted by Crippen LogP contribution is -2.41. The third-order valence-electron chi connectivity index (χ3n) is 2.89. The van der Waals surface area contributed by atoms with Gasteiger partial charge >= 0.3 is 12.1 Å². The van der Waals surface area contributed by atoms with E-state index in [0.717, 1.165) is 6.20 Å². The maximum Gasteiger partial charge on any atom is 0.523 e. The monoisotopic (exact) mass is 311 g/mol. The fourth-order valence-electron chi connectivity index (χ4n) is 1.99. The topological polar surface area (TPSA) is 120 Å². The average Bonchev–Trinajstić information content (AvgIpc) is 2.65. The zero-order chi connectivity index (χ0) is 15.8. The van der Waals surface area contributed by atoms with Crippen LogP contribution in [0.15, 0.2) is 17.1 Å². The number of aliphatic hydroxyl groups excluding tert-OH is 2. The molecule has 21 heavy (non-hydrogen) atoms. The lowest BCUT2D eigenvalue weighted by atomic mass is 10.1. The first-order valence-electron chi connectivity index (χ1n) is 5.76. The van der Waals surface area contributed by atoms with E-state index in [9.17, 15) is 23.1 Å². The quantitative estimate of drug-likeness (QED) is 0.653. The first-order valence-corrected chi connectivity index (χ1v) is 5.76. The van der Waals surface area contributed by atoms with Gasteiger partial charge in [-0.1, -0.05) is 0 Å². The summed E-state index contributed by atoms with van der Waals surface area (Å²) in [6.07, 6.45) is -10.6. The van der Waals surface area contributed by atoms with Gasteiger partial charge in [-0.2, -0.15) is 4.98 Å². The second-order valence-corrected chi connectivity index (χ2v) is 4.31. The Morgan fingerprint density at radius 3 is 2.71 bits per heavy atom. The van der Waals surface area contributed by atoms with Crippen LogP contribution in [0.1, 0.15) is 6.23 Å². The number of alkyl halides is 3. The Morgan fingerprint density at radius 2 is 2.19 bits per heavy atom. The van der Waals surface area contributed by atoms with Crippen molar-refractivity contribution >= 4 is 5.82 Å². The standard InChI is InChI=1S/C10H12F3N3O5/c11-10(12,13)21-7-6(18)4(3-17)20-8(7)16-2-1-5(14)15-9(16)19/h1-2,4,6-8,17-18H,3H2,(H2,14,15,19)/t4-,6+,7-,8-/m1/s1. The number of nitrogens with zero attached hydrogens (tertiary/aromatic N) is 2. The zero-order valence-electron chi connectivity index (χ0n) is 10.4. The van der Waals surface area contributed by atoms with Crippen molar-refractivity contribution in [2.75, 3.05) is 12.3 Å². The predicted octanol–water partition coefficient (Wildman–Crippen LogP) is -1.02. The number of nitrogen functional groups attached to an aromatic ring is 1. The predicted molar refractivity (Wildman–Crippen MR) is 60.8 cm³/mol. The van der Waals surface area contributed by atoms with Crippen molar-refractivity contribution < 1.29 is 32.9 Å². The molecule has 1 aliphatic rings. The van der Waals surface area contributed by atoms with Gasteiger partial charge in [0.05, 0.1) is 6.61 Å². The number of hydrogen-bond donors (Lipinski definition) is 3. The van der Waals surface area contributed by atoms with Gasteiger partial charge in [0.15, 0.2) is 6.23 Å². The molecule has 1 saturated heterocycles. The van der Waals surface area contributed by atoms with Crippen LogP contribution < -0.4 is 11.4 Å². The minimum atomic E-state index is -5.05. The van der Waals surface area contributed by atoms with Crippen molar-refractivity contribution in [1.29, 1.82) is 0 Å². The molecule has 0 spiro atoms. The molecule has 118 valence electrons. The lowest BCUT2D eigenvalue weighted by molar-refractivity contribution is -0.355. The van der Waals surface area contributed by atoms with Crippen molar-refractivity contribution in [2.24, 2.45) is 0 Å². The van der Waals surface area contributed by atoms with Gasteiger partial charge < -0.3 is 20.7 Å². The Balaban J connectivity index is 2.36. The van der Waals surface area contributed by atoms with Crippen LogP contribution in [-0.2, 0) is 9.47 Å². The molecule has 8 nitrogen and oxygen atoms in total. The van der Waals surface area contributed by atoms with Gasteiger partial charge in [-0.25, -0.2) is 4.79 Å². The highest BCUT2D eigenvalue weighted by Crippen LogP contribution is 2.34. The first kappa shape index (κ1) is 15.7. The number of aromatic nitrogens is 2. The number of halogens is 3.